The van der Waals surface area contributed by atoms with Crippen molar-refractivity contribution in [2.24, 2.45) is 0 Å². The molecular formula is C13H12Cl2N2OS. The molecule has 19 heavy (non-hydrogen) atoms. The van der Waals surface area contributed by atoms with Gasteiger partial charge >= 0.3 is 0 Å². The Morgan fingerprint density at radius 3 is 2.84 bits per heavy atom. The van der Waals surface area contributed by atoms with Gasteiger partial charge in [-0.15, -0.1) is 0 Å². The summed E-state index contributed by atoms with van der Waals surface area (Å²) in [5.74, 6) is -0.269. The highest BCUT2D eigenvalue weighted by Crippen LogP contribution is 2.28. The van der Waals surface area contributed by atoms with E-state index in [-0.39, 0.29) is 16.0 Å². The lowest BCUT2D eigenvalue weighted by atomic mass is 10.2. The number of rotatable bonds is 4. The number of benzene rings is 1. The molecule has 0 spiro atoms. The Bertz CT molecular complexity index is 585. The molecule has 1 amide bonds. The largest absolute Gasteiger partial charge is 0.399 e. The topological polar surface area (TPSA) is 55.1 Å². The maximum absolute atomic E-state index is 12.0. The Morgan fingerprint density at radius 2 is 2.16 bits per heavy atom. The van der Waals surface area contributed by atoms with Gasteiger partial charge in [-0.1, -0.05) is 23.2 Å². The smallest absolute Gasteiger partial charge is 0.252 e. The van der Waals surface area contributed by atoms with E-state index in [0.29, 0.717) is 17.8 Å². The first-order valence-electron chi connectivity index (χ1n) is 5.61. The molecule has 1 aromatic heterocycles. The van der Waals surface area contributed by atoms with Crippen LogP contribution in [0, 0.1) is 0 Å². The lowest BCUT2D eigenvalue weighted by Gasteiger charge is -2.08. The Kier molecular flexibility index (Phi) is 4.69. The van der Waals surface area contributed by atoms with Crippen LogP contribution in [0.25, 0.3) is 0 Å². The van der Waals surface area contributed by atoms with Crippen LogP contribution in [0.5, 0.6) is 0 Å². The number of carbonyl (C=O) groups is 1. The molecule has 100 valence electrons. The van der Waals surface area contributed by atoms with Gasteiger partial charge in [0.25, 0.3) is 5.91 Å². The van der Waals surface area contributed by atoms with Crippen molar-refractivity contribution < 1.29 is 4.79 Å². The number of carbonyl (C=O) groups excluding carboxylic acids is 1. The maximum Gasteiger partial charge on any atom is 0.252 e. The molecule has 0 atom stereocenters. The van der Waals surface area contributed by atoms with Gasteiger partial charge in [0.05, 0.1) is 15.6 Å². The zero-order valence-electron chi connectivity index (χ0n) is 9.95. The molecule has 0 aliphatic rings. The van der Waals surface area contributed by atoms with E-state index in [1.807, 2.05) is 11.4 Å². The second kappa shape index (κ2) is 6.28. The number of nitrogens with one attached hydrogen (secondary N) is 1. The van der Waals surface area contributed by atoms with Gasteiger partial charge in [0.15, 0.2) is 0 Å². The molecule has 3 nitrogen and oxygen atoms in total. The molecule has 1 aromatic carbocycles. The average molecular weight is 315 g/mol. The van der Waals surface area contributed by atoms with E-state index in [0.717, 1.165) is 6.42 Å². The summed E-state index contributed by atoms with van der Waals surface area (Å²) >= 11 is 13.5. The molecule has 6 heteroatoms. The van der Waals surface area contributed by atoms with Crippen molar-refractivity contribution in [1.82, 2.24) is 5.32 Å². The minimum atomic E-state index is -0.269. The van der Waals surface area contributed by atoms with Crippen molar-refractivity contribution in [1.29, 1.82) is 0 Å². The van der Waals surface area contributed by atoms with Crippen LogP contribution in [0.15, 0.2) is 29.0 Å². The van der Waals surface area contributed by atoms with E-state index in [9.17, 15) is 4.79 Å². The molecule has 0 saturated heterocycles. The van der Waals surface area contributed by atoms with Gasteiger partial charge < -0.3 is 11.1 Å². The van der Waals surface area contributed by atoms with E-state index >= 15 is 0 Å². The van der Waals surface area contributed by atoms with Crippen LogP contribution >= 0.6 is 34.5 Å². The first kappa shape index (κ1) is 14.2. The van der Waals surface area contributed by atoms with Gasteiger partial charge in [-0.25, -0.2) is 0 Å². The predicted octanol–water partition coefficient (Wildman–Crippen LogP) is 3.61. The van der Waals surface area contributed by atoms with E-state index in [1.165, 1.54) is 17.7 Å². The molecular weight excluding hydrogens is 303 g/mol. The van der Waals surface area contributed by atoms with Gasteiger partial charge in [-0.05, 0) is 40.9 Å². The van der Waals surface area contributed by atoms with Gasteiger partial charge in [-0.2, -0.15) is 11.3 Å². The zero-order valence-corrected chi connectivity index (χ0v) is 12.3. The summed E-state index contributed by atoms with van der Waals surface area (Å²) in [6, 6.07) is 5.07. The second-order valence-corrected chi connectivity index (χ2v) is 5.57. The molecule has 0 bridgehead atoms. The van der Waals surface area contributed by atoms with Crippen LogP contribution in [-0.2, 0) is 6.42 Å². The highest BCUT2D eigenvalue weighted by molar-refractivity contribution is 7.07. The standard InChI is InChI=1S/C13H12Cl2N2OS/c14-11-6-9(16)5-10(12(11)15)13(18)17-3-1-8-2-4-19-7-8/h2,4-7H,1,3,16H2,(H,17,18). The van der Waals surface area contributed by atoms with Crippen molar-refractivity contribution in [3.63, 3.8) is 0 Å². The third-order valence-electron chi connectivity index (χ3n) is 2.57. The van der Waals surface area contributed by atoms with E-state index in [4.69, 9.17) is 28.9 Å². The number of anilines is 1. The molecule has 0 aliphatic heterocycles. The van der Waals surface area contributed by atoms with Gasteiger partial charge in [0, 0.05) is 12.2 Å². The van der Waals surface area contributed by atoms with Crippen LogP contribution in [-0.4, -0.2) is 12.5 Å². The maximum atomic E-state index is 12.0. The van der Waals surface area contributed by atoms with Crippen LogP contribution in [0.2, 0.25) is 10.0 Å². The quantitative estimate of drug-likeness (QED) is 0.847. The van der Waals surface area contributed by atoms with Gasteiger partial charge in [0.1, 0.15) is 0 Å². The number of hydrogen-bond acceptors (Lipinski definition) is 3. The first-order valence-corrected chi connectivity index (χ1v) is 7.31. The molecule has 0 saturated carbocycles. The summed E-state index contributed by atoms with van der Waals surface area (Å²) < 4.78 is 0. The fourth-order valence-corrected chi connectivity index (χ4v) is 2.75. The van der Waals surface area contributed by atoms with Crippen molar-refractivity contribution >= 4 is 46.1 Å². The van der Waals surface area contributed by atoms with Crippen LogP contribution in [0.3, 0.4) is 0 Å². The van der Waals surface area contributed by atoms with Gasteiger partial charge in [0.2, 0.25) is 0 Å². The zero-order chi connectivity index (χ0) is 13.8. The average Bonchev–Trinajstić information content (AvgIpc) is 2.86. The fourth-order valence-electron chi connectivity index (χ4n) is 1.63. The molecule has 0 fully saturated rings. The summed E-state index contributed by atoms with van der Waals surface area (Å²) in [4.78, 5) is 12.0. The highest BCUT2D eigenvalue weighted by Gasteiger charge is 2.13. The number of hydrogen-bond donors (Lipinski definition) is 2. The summed E-state index contributed by atoms with van der Waals surface area (Å²) in [7, 11) is 0. The number of thiophene rings is 1. The first-order chi connectivity index (χ1) is 9.08. The third kappa shape index (κ3) is 3.62. The molecule has 3 N–H and O–H groups in total. The number of amides is 1. The second-order valence-electron chi connectivity index (χ2n) is 4.00. The van der Waals surface area contributed by atoms with E-state index in [2.05, 4.69) is 10.7 Å². The minimum absolute atomic E-state index is 0.226. The van der Waals surface area contributed by atoms with Crippen molar-refractivity contribution in [2.75, 3.05) is 12.3 Å². The van der Waals surface area contributed by atoms with E-state index in [1.54, 1.807) is 11.3 Å². The lowest BCUT2D eigenvalue weighted by Crippen LogP contribution is -2.26. The Morgan fingerprint density at radius 1 is 1.37 bits per heavy atom. The molecule has 2 aromatic rings. The van der Waals surface area contributed by atoms with Crippen LogP contribution < -0.4 is 11.1 Å². The number of nitrogen functional groups attached to an aromatic ring is 1. The van der Waals surface area contributed by atoms with E-state index < -0.39 is 0 Å². The molecule has 0 unspecified atom stereocenters. The molecule has 0 radical (unpaired) electrons. The summed E-state index contributed by atoms with van der Waals surface area (Å²) in [5.41, 5.74) is 7.56. The Hall–Kier alpha value is -1.23. The number of nitrogens with two attached hydrogens (primary N) is 1. The lowest BCUT2D eigenvalue weighted by molar-refractivity contribution is 0.0954. The van der Waals surface area contributed by atoms with Gasteiger partial charge in [-0.3, -0.25) is 4.79 Å². The summed E-state index contributed by atoms with van der Waals surface area (Å²) in [5, 5.41) is 7.37. The van der Waals surface area contributed by atoms with Crippen molar-refractivity contribution in [3.8, 4) is 0 Å². The third-order valence-corrected chi connectivity index (χ3v) is 4.11. The molecule has 1 heterocycles. The number of halogens is 2. The minimum Gasteiger partial charge on any atom is -0.399 e. The predicted molar refractivity (Wildman–Crippen MR) is 81.2 cm³/mol. The summed E-state index contributed by atoms with van der Waals surface area (Å²) in [6.07, 6.45) is 0.781. The monoisotopic (exact) mass is 314 g/mol. The summed E-state index contributed by atoms with van der Waals surface area (Å²) in [6.45, 7) is 0.540. The van der Waals surface area contributed by atoms with Crippen molar-refractivity contribution in [2.45, 2.75) is 6.42 Å². The normalized spacial score (nSPS) is 10.4. The Balaban J connectivity index is 2.00. The fraction of sp³-hybridized carbons (Fsp3) is 0.154. The molecule has 2 rings (SSSR count). The van der Waals surface area contributed by atoms with Crippen LogP contribution in [0.4, 0.5) is 5.69 Å². The van der Waals surface area contributed by atoms with Crippen molar-refractivity contribution in [3.05, 3.63) is 50.1 Å². The Labute approximate surface area is 125 Å². The molecule has 0 aliphatic carbocycles. The SMILES string of the molecule is Nc1cc(Cl)c(Cl)c(C(=O)NCCc2ccsc2)c1. The van der Waals surface area contributed by atoms with Crippen LogP contribution in [0.1, 0.15) is 15.9 Å². The highest BCUT2D eigenvalue weighted by atomic mass is 35.5.